The number of rotatable bonds is 3. The first-order valence-corrected chi connectivity index (χ1v) is 5.24. The zero-order chi connectivity index (χ0) is 12.3. The van der Waals surface area contributed by atoms with Crippen molar-refractivity contribution < 1.29 is 9.90 Å². The average Bonchev–Trinajstić information content (AvgIpc) is 2.21. The van der Waals surface area contributed by atoms with E-state index in [0.717, 1.165) is 0 Å². The van der Waals surface area contributed by atoms with Gasteiger partial charge in [-0.2, -0.15) is 0 Å². The van der Waals surface area contributed by atoms with E-state index in [9.17, 15) is 9.90 Å². The molecule has 88 valence electrons. The highest BCUT2D eigenvalue weighted by Gasteiger charge is 2.21. The van der Waals surface area contributed by atoms with Gasteiger partial charge in [-0.1, -0.05) is 11.6 Å². The van der Waals surface area contributed by atoms with E-state index in [4.69, 9.17) is 17.3 Å². The van der Waals surface area contributed by atoms with Gasteiger partial charge in [0.2, 0.25) is 0 Å². The van der Waals surface area contributed by atoms with Crippen LogP contribution < -0.4 is 11.1 Å². The van der Waals surface area contributed by atoms with Crippen LogP contribution in [-0.2, 0) is 0 Å². The second-order valence-corrected chi connectivity index (χ2v) is 4.64. The molecule has 0 saturated carbocycles. The minimum atomic E-state index is -0.522. The van der Waals surface area contributed by atoms with Crippen molar-refractivity contribution in [3.05, 3.63) is 28.8 Å². The van der Waals surface area contributed by atoms with Gasteiger partial charge in [0.25, 0.3) is 5.91 Å². The molecule has 5 heteroatoms. The molecule has 0 bridgehead atoms. The fraction of sp³-hybridized carbons (Fsp3) is 0.364. The standard InChI is InChI=1S/C11H15ClN2O2/c1-11(2,6-13)14-10(16)8-5-7(12)3-4-9(8)15/h3-5,15H,6,13H2,1-2H3,(H,14,16). The van der Waals surface area contributed by atoms with E-state index in [1.807, 2.05) is 0 Å². The second kappa shape index (κ2) is 4.72. The van der Waals surface area contributed by atoms with E-state index in [2.05, 4.69) is 5.32 Å². The third-order valence-corrected chi connectivity index (χ3v) is 2.40. The maximum atomic E-state index is 11.8. The van der Waals surface area contributed by atoms with Crippen LogP contribution in [0.15, 0.2) is 18.2 Å². The summed E-state index contributed by atoms with van der Waals surface area (Å²) in [4.78, 5) is 11.8. The number of benzene rings is 1. The minimum absolute atomic E-state index is 0.102. The molecule has 1 aromatic carbocycles. The summed E-state index contributed by atoms with van der Waals surface area (Å²) >= 11 is 5.75. The van der Waals surface area contributed by atoms with Gasteiger partial charge in [-0.25, -0.2) is 0 Å². The lowest BCUT2D eigenvalue weighted by Crippen LogP contribution is -2.48. The zero-order valence-corrected chi connectivity index (χ0v) is 10.0. The van der Waals surface area contributed by atoms with Gasteiger partial charge in [-0.3, -0.25) is 4.79 Å². The number of hydrogen-bond donors (Lipinski definition) is 3. The molecule has 0 heterocycles. The Morgan fingerprint density at radius 1 is 1.56 bits per heavy atom. The third kappa shape index (κ3) is 3.12. The lowest BCUT2D eigenvalue weighted by atomic mass is 10.0. The van der Waals surface area contributed by atoms with Gasteiger partial charge in [-0.05, 0) is 32.0 Å². The molecule has 4 N–H and O–H groups in total. The molecule has 1 amide bonds. The van der Waals surface area contributed by atoms with Crippen molar-refractivity contribution in [2.75, 3.05) is 6.54 Å². The summed E-state index contributed by atoms with van der Waals surface area (Å²) in [5.41, 5.74) is 5.12. The Morgan fingerprint density at radius 3 is 2.75 bits per heavy atom. The van der Waals surface area contributed by atoms with Gasteiger partial charge in [0.05, 0.1) is 5.56 Å². The molecule has 0 unspecified atom stereocenters. The summed E-state index contributed by atoms with van der Waals surface area (Å²) < 4.78 is 0. The van der Waals surface area contributed by atoms with E-state index >= 15 is 0 Å². The number of nitrogens with one attached hydrogen (secondary N) is 1. The zero-order valence-electron chi connectivity index (χ0n) is 9.25. The number of phenols is 1. The molecule has 1 aromatic rings. The normalized spacial score (nSPS) is 11.2. The third-order valence-electron chi connectivity index (χ3n) is 2.17. The summed E-state index contributed by atoms with van der Waals surface area (Å²) in [5.74, 6) is -0.495. The number of halogens is 1. The molecule has 16 heavy (non-hydrogen) atoms. The fourth-order valence-corrected chi connectivity index (χ4v) is 1.29. The Bertz CT molecular complexity index is 405. The number of carbonyl (C=O) groups excluding carboxylic acids is 1. The first kappa shape index (κ1) is 12.8. The van der Waals surface area contributed by atoms with Crippen molar-refractivity contribution >= 4 is 17.5 Å². The van der Waals surface area contributed by atoms with Crippen molar-refractivity contribution in [3.8, 4) is 5.75 Å². The van der Waals surface area contributed by atoms with E-state index in [1.54, 1.807) is 13.8 Å². The van der Waals surface area contributed by atoms with Crippen molar-refractivity contribution in [3.63, 3.8) is 0 Å². The maximum Gasteiger partial charge on any atom is 0.255 e. The Morgan fingerprint density at radius 2 is 2.19 bits per heavy atom. The predicted molar refractivity (Wildman–Crippen MR) is 63.7 cm³/mol. The Kier molecular flexibility index (Phi) is 3.78. The Labute approximate surface area is 99.4 Å². The highest BCUT2D eigenvalue weighted by atomic mass is 35.5. The maximum absolute atomic E-state index is 11.8. The van der Waals surface area contributed by atoms with Crippen LogP contribution in [-0.4, -0.2) is 23.1 Å². The number of amides is 1. The molecule has 0 aromatic heterocycles. The van der Waals surface area contributed by atoms with Gasteiger partial charge < -0.3 is 16.2 Å². The van der Waals surface area contributed by atoms with Gasteiger partial charge in [0, 0.05) is 17.1 Å². The number of carbonyl (C=O) groups is 1. The van der Waals surface area contributed by atoms with E-state index < -0.39 is 11.4 Å². The van der Waals surface area contributed by atoms with E-state index in [0.29, 0.717) is 11.6 Å². The van der Waals surface area contributed by atoms with Gasteiger partial charge >= 0.3 is 0 Å². The van der Waals surface area contributed by atoms with Crippen LogP contribution in [0.25, 0.3) is 0 Å². The molecule has 1 rings (SSSR count). The van der Waals surface area contributed by atoms with Crippen molar-refractivity contribution in [1.82, 2.24) is 5.32 Å². The van der Waals surface area contributed by atoms with Crippen LogP contribution in [0.4, 0.5) is 0 Å². The topological polar surface area (TPSA) is 75.3 Å². The number of hydrogen-bond acceptors (Lipinski definition) is 3. The highest BCUT2D eigenvalue weighted by molar-refractivity contribution is 6.31. The first-order valence-electron chi connectivity index (χ1n) is 4.87. The molecule has 0 aliphatic rings. The first-order chi connectivity index (χ1) is 7.35. The van der Waals surface area contributed by atoms with Crippen LogP contribution in [0.3, 0.4) is 0 Å². The van der Waals surface area contributed by atoms with Crippen LogP contribution in [0, 0.1) is 0 Å². The summed E-state index contributed by atoms with van der Waals surface area (Å²) in [6, 6.07) is 4.31. The summed E-state index contributed by atoms with van der Waals surface area (Å²) in [6.45, 7) is 3.90. The summed E-state index contributed by atoms with van der Waals surface area (Å²) in [7, 11) is 0. The average molecular weight is 243 g/mol. The molecule has 4 nitrogen and oxygen atoms in total. The summed E-state index contributed by atoms with van der Waals surface area (Å²) in [5, 5.41) is 12.6. The molecule has 0 saturated heterocycles. The molecule has 0 spiro atoms. The van der Waals surface area contributed by atoms with Crippen molar-refractivity contribution in [1.29, 1.82) is 0 Å². The summed E-state index contributed by atoms with van der Waals surface area (Å²) in [6.07, 6.45) is 0. The number of nitrogens with two attached hydrogens (primary N) is 1. The van der Waals surface area contributed by atoms with Crippen LogP contribution >= 0.6 is 11.6 Å². The highest BCUT2D eigenvalue weighted by Crippen LogP contribution is 2.21. The van der Waals surface area contributed by atoms with Gasteiger partial charge in [0.1, 0.15) is 5.75 Å². The Balaban J connectivity index is 2.93. The number of aromatic hydroxyl groups is 1. The molecule has 0 aliphatic heterocycles. The molecule has 0 radical (unpaired) electrons. The van der Waals surface area contributed by atoms with Crippen molar-refractivity contribution in [2.45, 2.75) is 19.4 Å². The van der Waals surface area contributed by atoms with Crippen molar-refractivity contribution in [2.24, 2.45) is 5.73 Å². The fourth-order valence-electron chi connectivity index (χ4n) is 1.12. The monoisotopic (exact) mass is 242 g/mol. The second-order valence-electron chi connectivity index (χ2n) is 4.20. The van der Waals surface area contributed by atoms with Crippen LogP contribution in [0.2, 0.25) is 5.02 Å². The number of phenolic OH excluding ortho intramolecular Hbond substituents is 1. The predicted octanol–water partition coefficient (Wildman–Crippen LogP) is 1.51. The van der Waals surface area contributed by atoms with Crippen LogP contribution in [0.1, 0.15) is 24.2 Å². The lowest BCUT2D eigenvalue weighted by Gasteiger charge is -2.24. The molecular formula is C11H15ClN2O2. The molecule has 0 fully saturated rings. The van der Waals surface area contributed by atoms with Gasteiger partial charge in [0.15, 0.2) is 0 Å². The van der Waals surface area contributed by atoms with E-state index in [-0.39, 0.29) is 11.3 Å². The lowest BCUT2D eigenvalue weighted by molar-refractivity contribution is 0.0913. The molecule has 0 aliphatic carbocycles. The molecule has 0 atom stereocenters. The van der Waals surface area contributed by atoms with Crippen LogP contribution in [0.5, 0.6) is 5.75 Å². The SMILES string of the molecule is CC(C)(CN)NC(=O)c1cc(Cl)ccc1O. The van der Waals surface area contributed by atoms with E-state index in [1.165, 1.54) is 18.2 Å². The van der Waals surface area contributed by atoms with Gasteiger partial charge in [-0.15, -0.1) is 0 Å². The largest absolute Gasteiger partial charge is 0.507 e. The quantitative estimate of drug-likeness (QED) is 0.752. The minimum Gasteiger partial charge on any atom is -0.507 e. The smallest absolute Gasteiger partial charge is 0.255 e. The Hall–Kier alpha value is -1.26. The molecular weight excluding hydrogens is 228 g/mol.